The second-order valence-electron chi connectivity index (χ2n) is 6.69. The monoisotopic (exact) mass is 355 g/mol. The smallest absolute Gasteiger partial charge is 0.316 e. The molecule has 2 aliphatic heterocycles. The number of ether oxygens (including phenoxy) is 2. The fraction of sp³-hybridized carbons (Fsp3) is 0.750. The Bertz CT molecular complexity index is 674. The number of aromatic nitrogens is 2. The molecule has 2 fully saturated rings. The van der Waals surface area contributed by atoms with Gasteiger partial charge in [-0.1, -0.05) is 6.92 Å². The van der Waals surface area contributed by atoms with E-state index in [1.54, 1.807) is 13.1 Å². The van der Waals surface area contributed by atoms with Crippen LogP contribution in [0.5, 0.6) is 6.01 Å². The van der Waals surface area contributed by atoms with E-state index in [0.717, 1.165) is 31.6 Å². The van der Waals surface area contributed by atoms with Crippen molar-refractivity contribution in [2.75, 3.05) is 37.7 Å². The predicted octanol–water partition coefficient (Wildman–Crippen LogP) is 0.832. The van der Waals surface area contributed by atoms with Crippen molar-refractivity contribution in [3.05, 3.63) is 18.0 Å². The largest absolute Gasteiger partial charge is 0.460 e. The van der Waals surface area contributed by atoms with Crippen molar-refractivity contribution in [1.82, 2.24) is 14.9 Å². The summed E-state index contributed by atoms with van der Waals surface area (Å²) in [6.07, 6.45) is 3.36. The molecule has 1 aromatic heterocycles. The van der Waals surface area contributed by atoms with Crippen molar-refractivity contribution in [3.63, 3.8) is 0 Å². The number of hydrogen-bond acceptors (Lipinski definition) is 7. The molecule has 0 bridgehead atoms. The number of sulfone groups is 1. The van der Waals surface area contributed by atoms with Crippen molar-refractivity contribution in [2.45, 2.75) is 38.4 Å². The Morgan fingerprint density at radius 1 is 1.46 bits per heavy atom. The molecule has 0 N–H and O–H groups in total. The van der Waals surface area contributed by atoms with Crippen LogP contribution in [0.25, 0.3) is 0 Å². The van der Waals surface area contributed by atoms with Crippen LogP contribution in [-0.2, 0) is 14.6 Å². The first-order valence-electron chi connectivity index (χ1n) is 8.43. The third-order valence-electron chi connectivity index (χ3n) is 4.67. The molecule has 3 heterocycles. The van der Waals surface area contributed by atoms with Gasteiger partial charge in [0.05, 0.1) is 18.0 Å². The average Bonchev–Trinajstić information content (AvgIpc) is 2.51. The van der Waals surface area contributed by atoms with Crippen LogP contribution in [0.3, 0.4) is 0 Å². The van der Waals surface area contributed by atoms with E-state index in [0.29, 0.717) is 19.2 Å². The van der Waals surface area contributed by atoms with Crippen LogP contribution < -0.4 is 4.74 Å². The Morgan fingerprint density at radius 2 is 2.25 bits per heavy atom. The zero-order valence-electron chi connectivity index (χ0n) is 14.3. The molecular formula is C16H25N3O4S. The molecule has 2 saturated heterocycles. The number of likely N-dealkylation sites (tertiary alicyclic amines) is 1. The molecule has 2 aliphatic rings. The third kappa shape index (κ3) is 4.23. The van der Waals surface area contributed by atoms with E-state index in [1.165, 1.54) is 0 Å². The minimum absolute atomic E-state index is 0.0436. The summed E-state index contributed by atoms with van der Waals surface area (Å²) < 4.78 is 35.1. The summed E-state index contributed by atoms with van der Waals surface area (Å²) in [6, 6.07) is 2.26. The normalized spacial score (nSPS) is 23.8. The van der Waals surface area contributed by atoms with Gasteiger partial charge >= 0.3 is 6.01 Å². The minimum atomic E-state index is -2.91. The van der Waals surface area contributed by atoms with E-state index in [-0.39, 0.29) is 23.2 Å². The van der Waals surface area contributed by atoms with Gasteiger partial charge in [0, 0.05) is 50.1 Å². The Hall–Kier alpha value is -1.25. The van der Waals surface area contributed by atoms with Crippen molar-refractivity contribution in [1.29, 1.82) is 0 Å². The molecule has 7 nitrogen and oxygen atoms in total. The summed E-state index contributed by atoms with van der Waals surface area (Å²) in [6.45, 7) is 6.35. The van der Waals surface area contributed by atoms with Crippen LogP contribution in [0.2, 0.25) is 0 Å². The summed E-state index contributed by atoms with van der Waals surface area (Å²) in [5, 5.41) is 0. The van der Waals surface area contributed by atoms with Crippen LogP contribution in [0.4, 0.5) is 0 Å². The first-order chi connectivity index (χ1) is 11.4. The fourth-order valence-electron chi connectivity index (χ4n) is 3.27. The highest BCUT2D eigenvalue weighted by Crippen LogP contribution is 2.35. The Kier molecular flexibility index (Phi) is 5.08. The van der Waals surface area contributed by atoms with E-state index in [1.807, 2.05) is 13.0 Å². The Labute approximate surface area is 143 Å². The molecule has 134 valence electrons. The van der Waals surface area contributed by atoms with Crippen LogP contribution in [-0.4, -0.2) is 72.7 Å². The first-order valence-corrected chi connectivity index (χ1v) is 10.2. The van der Waals surface area contributed by atoms with E-state index >= 15 is 0 Å². The van der Waals surface area contributed by atoms with Crippen molar-refractivity contribution >= 4 is 9.84 Å². The standard InChI is InChI=1S/C16H25N3O4S/c1-3-24(20,21)9-7-19-11-16(12-19)10-14(5-8-22-16)23-15-17-6-4-13(2)18-15/h4,6,14H,3,5,7-12H2,1-2H3/t14-/m0/s1. The van der Waals surface area contributed by atoms with Gasteiger partial charge in [-0.2, -0.15) is 0 Å². The lowest BCUT2D eigenvalue weighted by molar-refractivity contribution is -0.185. The topological polar surface area (TPSA) is 81.6 Å². The van der Waals surface area contributed by atoms with E-state index in [2.05, 4.69) is 14.9 Å². The van der Waals surface area contributed by atoms with E-state index in [4.69, 9.17) is 9.47 Å². The molecule has 8 heteroatoms. The van der Waals surface area contributed by atoms with Crippen LogP contribution in [0, 0.1) is 6.92 Å². The Balaban J connectivity index is 1.50. The molecule has 1 spiro atoms. The molecule has 0 unspecified atom stereocenters. The molecule has 0 amide bonds. The highest BCUT2D eigenvalue weighted by atomic mass is 32.2. The highest BCUT2D eigenvalue weighted by molar-refractivity contribution is 7.91. The van der Waals surface area contributed by atoms with Crippen LogP contribution in [0.1, 0.15) is 25.5 Å². The van der Waals surface area contributed by atoms with Gasteiger partial charge in [0.2, 0.25) is 0 Å². The molecule has 0 saturated carbocycles. The summed E-state index contributed by atoms with van der Waals surface area (Å²) >= 11 is 0. The van der Waals surface area contributed by atoms with Crippen LogP contribution >= 0.6 is 0 Å². The summed E-state index contributed by atoms with van der Waals surface area (Å²) in [5.41, 5.74) is 0.677. The van der Waals surface area contributed by atoms with E-state index < -0.39 is 9.84 Å². The molecule has 1 atom stereocenters. The van der Waals surface area contributed by atoms with Crippen molar-refractivity contribution in [3.8, 4) is 6.01 Å². The summed E-state index contributed by atoms with van der Waals surface area (Å²) in [7, 11) is -2.91. The van der Waals surface area contributed by atoms with Gasteiger partial charge in [-0.3, -0.25) is 4.90 Å². The maximum absolute atomic E-state index is 11.6. The number of aryl methyl sites for hydroxylation is 1. The molecule has 0 radical (unpaired) electrons. The van der Waals surface area contributed by atoms with Crippen molar-refractivity contribution in [2.24, 2.45) is 0 Å². The zero-order valence-corrected chi connectivity index (χ0v) is 15.1. The van der Waals surface area contributed by atoms with Gasteiger partial charge < -0.3 is 9.47 Å². The van der Waals surface area contributed by atoms with Gasteiger partial charge in [-0.25, -0.2) is 18.4 Å². The maximum atomic E-state index is 11.6. The van der Waals surface area contributed by atoms with Gasteiger partial charge in [0.15, 0.2) is 9.84 Å². The summed E-state index contributed by atoms with van der Waals surface area (Å²) in [4.78, 5) is 10.6. The lowest BCUT2D eigenvalue weighted by Crippen LogP contribution is -2.66. The average molecular weight is 355 g/mol. The number of hydrogen-bond donors (Lipinski definition) is 0. The molecule has 1 aromatic rings. The zero-order chi connectivity index (χ0) is 17.2. The molecular weight excluding hydrogens is 330 g/mol. The Morgan fingerprint density at radius 3 is 2.96 bits per heavy atom. The maximum Gasteiger partial charge on any atom is 0.316 e. The fourth-order valence-corrected chi connectivity index (χ4v) is 4.10. The molecule has 0 aliphatic carbocycles. The quantitative estimate of drug-likeness (QED) is 0.747. The third-order valence-corrected chi connectivity index (χ3v) is 6.36. The predicted molar refractivity (Wildman–Crippen MR) is 89.9 cm³/mol. The van der Waals surface area contributed by atoms with Crippen molar-refractivity contribution < 1.29 is 17.9 Å². The van der Waals surface area contributed by atoms with Crippen LogP contribution in [0.15, 0.2) is 12.3 Å². The molecule has 0 aromatic carbocycles. The first kappa shape index (κ1) is 17.6. The highest BCUT2D eigenvalue weighted by Gasteiger charge is 2.48. The second kappa shape index (κ2) is 6.93. The second-order valence-corrected chi connectivity index (χ2v) is 9.16. The van der Waals surface area contributed by atoms with E-state index in [9.17, 15) is 8.42 Å². The SMILES string of the molecule is CCS(=O)(=O)CCN1CC2(C[C@@H](Oc3nccc(C)n3)CCO2)C1. The van der Waals surface area contributed by atoms with Gasteiger partial charge in [-0.15, -0.1) is 0 Å². The molecule has 3 rings (SSSR count). The van der Waals surface area contributed by atoms with Gasteiger partial charge in [-0.05, 0) is 13.0 Å². The lowest BCUT2D eigenvalue weighted by Gasteiger charge is -2.53. The number of nitrogens with zero attached hydrogens (tertiary/aromatic N) is 3. The minimum Gasteiger partial charge on any atom is -0.460 e. The van der Waals surface area contributed by atoms with Gasteiger partial charge in [0.25, 0.3) is 0 Å². The van der Waals surface area contributed by atoms with Gasteiger partial charge in [0.1, 0.15) is 6.10 Å². The lowest BCUT2D eigenvalue weighted by atomic mass is 9.85. The number of rotatable bonds is 6. The summed E-state index contributed by atoms with van der Waals surface area (Å²) in [5.74, 6) is 0.422. The molecule has 24 heavy (non-hydrogen) atoms.